The SMILES string of the molecule is C=c1sc2c(C(=O)O)c(=O)c3cc(F)c(N4CC[C@@H](N)C4)c(F)c3n12. The van der Waals surface area contributed by atoms with Crippen LogP contribution in [0.15, 0.2) is 10.9 Å². The molecule has 0 spiro atoms. The zero-order valence-electron chi connectivity index (χ0n) is 12.9. The predicted molar refractivity (Wildman–Crippen MR) is 91.5 cm³/mol. The first kappa shape index (κ1) is 16.0. The van der Waals surface area contributed by atoms with Gasteiger partial charge in [-0.15, -0.1) is 0 Å². The van der Waals surface area contributed by atoms with E-state index in [2.05, 4.69) is 6.58 Å². The summed E-state index contributed by atoms with van der Waals surface area (Å²) < 4.78 is 31.4. The van der Waals surface area contributed by atoms with E-state index in [9.17, 15) is 19.1 Å². The molecule has 2 aromatic heterocycles. The van der Waals surface area contributed by atoms with Crippen LogP contribution in [0.1, 0.15) is 16.8 Å². The van der Waals surface area contributed by atoms with Crippen LogP contribution in [-0.2, 0) is 0 Å². The number of benzene rings is 1. The highest BCUT2D eigenvalue weighted by molar-refractivity contribution is 7.17. The quantitative estimate of drug-likeness (QED) is 0.712. The summed E-state index contributed by atoms with van der Waals surface area (Å²) in [7, 11) is 0. The lowest BCUT2D eigenvalue weighted by Crippen LogP contribution is -2.29. The van der Waals surface area contributed by atoms with Gasteiger partial charge in [0.25, 0.3) is 0 Å². The monoisotopic (exact) mass is 365 g/mol. The number of nitrogens with two attached hydrogens (primary N) is 1. The van der Waals surface area contributed by atoms with Gasteiger partial charge in [0.2, 0.25) is 5.43 Å². The minimum absolute atomic E-state index is 0.101. The van der Waals surface area contributed by atoms with Crippen molar-refractivity contribution in [2.24, 2.45) is 5.73 Å². The average molecular weight is 365 g/mol. The highest BCUT2D eigenvalue weighted by atomic mass is 32.1. The molecule has 3 N–H and O–H groups in total. The molecule has 0 saturated carbocycles. The van der Waals surface area contributed by atoms with E-state index in [1.807, 2.05) is 0 Å². The Bertz CT molecular complexity index is 1150. The van der Waals surface area contributed by atoms with Crippen molar-refractivity contribution >= 4 is 45.3 Å². The van der Waals surface area contributed by atoms with E-state index < -0.39 is 28.6 Å². The molecule has 4 rings (SSSR count). The Hall–Kier alpha value is -2.52. The van der Waals surface area contributed by atoms with Crippen LogP contribution >= 0.6 is 11.3 Å². The van der Waals surface area contributed by atoms with Crippen LogP contribution in [0.5, 0.6) is 0 Å². The summed E-state index contributed by atoms with van der Waals surface area (Å²) in [4.78, 5) is 25.5. The van der Waals surface area contributed by atoms with Crippen LogP contribution in [0.25, 0.3) is 22.3 Å². The number of aromatic nitrogens is 1. The maximum Gasteiger partial charge on any atom is 0.342 e. The van der Waals surface area contributed by atoms with E-state index in [1.54, 1.807) is 0 Å². The smallest absolute Gasteiger partial charge is 0.342 e. The molecule has 25 heavy (non-hydrogen) atoms. The van der Waals surface area contributed by atoms with Crippen molar-refractivity contribution in [2.75, 3.05) is 18.0 Å². The highest BCUT2D eigenvalue weighted by Crippen LogP contribution is 2.33. The maximum atomic E-state index is 15.2. The second kappa shape index (κ2) is 5.24. The third kappa shape index (κ3) is 2.09. The highest BCUT2D eigenvalue weighted by Gasteiger charge is 2.30. The largest absolute Gasteiger partial charge is 0.477 e. The Morgan fingerprint density at radius 1 is 1.44 bits per heavy atom. The lowest BCUT2D eigenvalue weighted by molar-refractivity contribution is 0.0697. The van der Waals surface area contributed by atoms with E-state index in [0.29, 0.717) is 24.2 Å². The molecule has 1 aromatic carbocycles. The molecular weight excluding hydrogens is 352 g/mol. The fourth-order valence-corrected chi connectivity index (χ4v) is 4.30. The maximum absolute atomic E-state index is 15.2. The Labute approximate surface area is 143 Å². The minimum Gasteiger partial charge on any atom is -0.477 e. The zero-order chi connectivity index (χ0) is 18.0. The third-order valence-corrected chi connectivity index (χ3v) is 5.50. The van der Waals surface area contributed by atoms with Crippen LogP contribution in [0.4, 0.5) is 14.5 Å². The number of fused-ring (bicyclic) bond motifs is 3. The molecule has 9 heteroatoms. The molecule has 1 fully saturated rings. The Morgan fingerprint density at radius 2 is 2.16 bits per heavy atom. The average Bonchev–Trinajstić information content (AvgIpc) is 2.94. The van der Waals surface area contributed by atoms with Gasteiger partial charge in [0.1, 0.15) is 21.9 Å². The van der Waals surface area contributed by atoms with Crippen LogP contribution in [0, 0.1) is 11.6 Å². The topological polar surface area (TPSA) is 88.0 Å². The summed E-state index contributed by atoms with van der Waals surface area (Å²) in [6, 6.07) is 0.718. The molecule has 130 valence electrons. The van der Waals surface area contributed by atoms with Gasteiger partial charge in [0, 0.05) is 19.1 Å². The summed E-state index contributed by atoms with van der Waals surface area (Å²) >= 11 is 0.983. The van der Waals surface area contributed by atoms with Gasteiger partial charge < -0.3 is 15.7 Å². The fourth-order valence-electron chi connectivity index (χ4n) is 3.36. The van der Waals surface area contributed by atoms with E-state index in [1.165, 1.54) is 9.30 Å². The molecule has 1 saturated heterocycles. The van der Waals surface area contributed by atoms with Gasteiger partial charge in [-0.2, -0.15) is 0 Å². The van der Waals surface area contributed by atoms with Gasteiger partial charge in [0.15, 0.2) is 5.82 Å². The van der Waals surface area contributed by atoms with Gasteiger partial charge in [-0.3, -0.25) is 9.20 Å². The second-order valence-electron chi connectivity index (χ2n) is 6.06. The molecule has 1 aliphatic heterocycles. The molecule has 0 aliphatic carbocycles. The fraction of sp³-hybridized carbons (Fsp3) is 0.250. The second-order valence-corrected chi connectivity index (χ2v) is 7.12. The molecular formula is C16H13F2N3O3S. The number of nitrogens with zero attached hydrogens (tertiary/aromatic N) is 2. The lowest BCUT2D eigenvalue weighted by atomic mass is 10.1. The normalized spacial score (nSPS) is 17.9. The number of anilines is 1. The number of carboxylic acid groups (broad SMARTS) is 1. The number of halogens is 2. The number of aromatic carboxylic acids is 1. The number of rotatable bonds is 2. The first-order chi connectivity index (χ1) is 11.8. The van der Waals surface area contributed by atoms with Crippen LogP contribution < -0.4 is 20.7 Å². The molecule has 0 radical (unpaired) electrons. The Balaban J connectivity index is 2.13. The molecule has 0 amide bonds. The first-order valence-electron chi connectivity index (χ1n) is 7.53. The van der Waals surface area contributed by atoms with E-state index in [0.717, 1.165) is 17.4 Å². The van der Waals surface area contributed by atoms with Crippen molar-refractivity contribution in [3.63, 3.8) is 0 Å². The van der Waals surface area contributed by atoms with Crippen molar-refractivity contribution in [1.29, 1.82) is 0 Å². The van der Waals surface area contributed by atoms with Gasteiger partial charge in [-0.1, -0.05) is 17.9 Å². The first-order valence-corrected chi connectivity index (χ1v) is 8.34. The third-order valence-electron chi connectivity index (χ3n) is 4.50. The zero-order valence-corrected chi connectivity index (χ0v) is 13.7. The lowest BCUT2D eigenvalue weighted by Gasteiger charge is -2.22. The number of carboxylic acids is 1. The minimum atomic E-state index is -1.44. The van der Waals surface area contributed by atoms with Gasteiger partial charge in [-0.25, -0.2) is 13.6 Å². The standard InChI is InChI=1S/C16H13F2N3O3S/c1-6-21-12-8(14(22)10(16(23)24)15(21)25-6)4-9(17)13(11(12)18)20-3-2-7(19)5-20/h4,7H,1-3,5,19H2,(H,23,24)/t7-/m1/s1. The summed E-state index contributed by atoms with van der Waals surface area (Å²) in [5.41, 5.74) is 4.01. The summed E-state index contributed by atoms with van der Waals surface area (Å²) in [6.45, 7) is 4.43. The van der Waals surface area contributed by atoms with Crippen molar-refractivity contribution < 1.29 is 18.7 Å². The number of pyridine rings is 1. The number of carbonyl (C=O) groups is 1. The molecule has 0 unspecified atom stereocenters. The summed E-state index contributed by atoms with van der Waals surface area (Å²) in [6.07, 6.45) is 0.607. The van der Waals surface area contributed by atoms with Crippen molar-refractivity contribution in [1.82, 2.24) is 4.40 Å². The van der Waals surface area contributed by atoms with Crippen molar-refractivity contribution in [3.8, 4) is 0 Å². The van der Waals surface area contributed by atoms with Crippen LogP contribution in [0.3, 0.4) is 0 Å². The molecule has 0 bridgehead atoms. The number of hydrogen-bond donors (Lipinski definition) is 2. The Kier molecular flexibility index (Phi) is 3.35. The number of hydrogen-bond acceptors (Lipinski definition) is 5. The van der Waals surface area contributed by atoms with Gasteiger partial charge >= 0.3 is 5.97 Å². The van der Waals surface area contributed by atoms with Crippen molar-refractivity contribution in [2.45, 2.75) is 12.5 Å². The molecule has 1 atom stereocenters. The molecule has 3 heterocycles. The van der Waals surface area contributed by atoms with E-state index in [4.69, 9.17) is 5.73 Å². The van der Waals surface area contributed by atoms with Gasteiger partial charge in [0.05, 0.1) is 15.6 Å². The molecule has 3 aromatic rings. The summed E-state index contributed by atoms with van der Waals surface area (Å²) in [5.74, 6) is -3.25. The molecule has 1 aliphatic rings. The van der Waals surface area contributed by atoms with Crippen LogP contribution in [0.2, 0.25) is 0 Å². The summed E-state index contributed by atoms with van der Waals surface area (Å²) in [5, 5.41) is 8.96. The van der Waals surface area contributed by atoms with E-state index >= 15 is 4.39 Å². The van der Waals surface area contributed by atoms with Gasteiger partial charge in [-0.05, 0) is 12.5 Å². The predicted octanol–water partition coefficient (Wildman–Crippen LogP) is 1.16. The van der Waals surface area contributed by atoms with Crippen molar-refractivity contribution in [3.05, 3.63) is 38.2 Å². The Morgan fingerprint density at radius 3 is 2.72 bits per heavy atom. The molecule has 6 nitrogen and oxygen atoms in total. The van der Waals surface area contributed by atoms with E-state index in [-0.39, 0.29) is 27.5 Å². The van der Waals surface area contributed by atoms with Crippen LogP contribution in [-0.4, -0.2) is 34.6 Å².